The van der Waals surface area contributed by atoms with Gasteiger partial charge in [-0.05, 0) is 36.1 Å². The lowest BCUT2D eigenvalue weighted by Crippen LogP contribution is -2.38. The zero-order chi connectivity index (χ0) is 19.6. The predicted octanol–water partition coefficient (Wildman–Crippen LogP) is 3.28. The van der Waals surface area contributed by atoms with E-state index in [2.05, 4.69) is 56.4 Å². The smallest absolute Gasteiger partial charge is 0.191 e. The van der Waals surface area contributed by atoms with Crippen LogP contribution < -0.4 is 10.6 Å². The molecule has 6 nitrogen and oxygen atoms in total. The number of benzene rings is 1. The Kier molecular flexibility index (Phi) is 7.44. The fraction of sp³-hybridized carbons (Fsp3) is 0.286. The summed E-state index contributed by atoms with van der Waals surface area (Å²) in [5, 5.41) is 7.18. The van der Waals surface area contributed by atoms with Crippen LogP contribution >= 0.6 is 11.6 Å². The molecule has 3 aromatic rings. The molecule has 0 spiro atoms. The average molecular weight is 397 g/mol. The summed E-state index contributed by atoms with van der Waals surface area (Å²) in [4.78, 5) is 12.9. The normalized spacial score (nSPS) is 11.4. The van der Waals surface area contributed by atoms with Gasteiger partial charge in [0, 0.05) is 38.2 Å². The van der Waals surface area contributed by atoms with Crippen molar-refractivity contribution in [2.45, 2.75) is 26.4 Å². The number of hydrogen-bond acceptors (Lipinski definition) is 3. The molecule has 2 N–H and O–H groups in total. The van der Waals surface area contributed by atoms with Crippen LogP contribution in [0, 0.1) is 0 Å². The molecule has 0 atom stereocenters. The largest absolute Gasteiger partial charge is 0.357 e. The maximum atomic E-state index is 5.83. The van der Waals surface area contributed by atoms with Gasteiger partial charge in [-0.25, -0.2) is 15.0 Å². The Balaban J connectivity index is 1.55. The van der Waals surface area contributed by atoms with Gasteiger partial charge in [-0.1, -0.05) is 41.9 Å². The van der Waals surface area contributed by atoms with Crippen LogP contribution in [0.1, 0.15) is 23.6 Å². The van der Waals surface area contributed by atoms with Gasteiger partial charge < -0.3 is 15.2 Å². The van der Waals surface area contributed by atoms with E-state index in [1.807, 2.05) is 24.7 Å². The molecule has 0 saturated heterocycles. The Labute approximate surface area is 170 Å². The van der Waals surface area contributed by atoms with E-state index in [1.54, 1.807) is 12.4 Å². The Morgan fingerprint density at radius 2 is 2.04 bits per heavy atom. The van der Waals surface area contributed by atoms with Crippen molar-refractivity contribution in [3.05, 3.63) is 83.2 Å². The van der Waals surface area contributed by atoms with Crippen molar-refractivity contribution in [1.29, 1.82) is 0 Å². The van der Waals surface area contributed by atoms with E-state index in [0.29, 0.717) is 11.7 Å². The highest BCUT2D eigenvalue weighted by Gasteiger charge is 2.01. The van der Waals surface area contributed by atoms with E-state index in [9.17, 15) is 0 Å². The molecule has 0 fully saturated rings. The van der Waals surface area contributed by atoms with Crippen LogP contribution in [-0.4, -0.2) is 33.6 Å². The number of halogens is 1. The van der Waals surface area contributed by atoms with Crippen LogP contribution in [0.4, 0.5) is 0 Å². The SMILES string of the molecule is CCNC(=NCc1cccc(Cn2ccnc2)c1)NCCc1ccc(Cl)nc1. The maximum absolute atomic E-state index is 5.83. The van der Waals surface area contributed by atoms with E-state index in [0.717, 1.165) is 37.6 Å². The molecule has 0 saturated carbocycles. The highest BCUT2D eigenvalue weighted by Crippen LogP contribution is 2.09. The third-order valence-electron chi connectivity index (χ3n) is 4.17. The van der Waals surface area contributed by atoms with Crippen molar-refractivity contribution in [1.82, 2.24) is 25.2 Å². The van der Waals surface area contributed by atoms with Crippen molar-refractivity contribution in [3.8, 4) is 0 Å². The quantitative estimate of drug-likeness (QED) is 0.348. The summed E-state index contributed by atoms with van der Waals surface area (Å²) in [6.45, 7) is 5.08. The van der Waals surface area contributed by atoms with Crippen molar-refractivity contribution in [2.24, 2.45) is 4.99 Å². The lowest BCUT2D eigenvalue weighted by atomic mass is 10.1. The van der Waals surface area contributed by atoms with Crippen LogP contribution in [0.25, 0.3) is 0 Å². The number of nitrogens with one attached hydrogen (secondary N) is 2. The van der Waals surface area contributed by atoms with Gasteiger partial charge in [0.2, 0.25) is 0 Å². The molecular formula is C21H25ClN6. The maximum Gasteiger partial charge on any atom is 0.191 e. The first-order valence-electron chi connectivity index (χ1n) is 9.39. The number of aliphatic imine (C=N–C) groups is 1. The van der Waals surface area contributed by atoms with E-state index in [-0.39, 0.29) is 0 Å². The second-order valence-electron chi connectivity index (χ2n) is 6.42. The van der Waals surface area contributed by atoms with Gasteiger partial charge in [0.25, 0.3) is 0 Å². The predicted molar refractivity (Wildman–Crippen MR) is 114 cm³/mol. The van der Waals surface area contributed by atoms with Crippen molar-refractivity contribution in [3.63, 3.8) is 0 Å². The summed E-state index contributed by atoms with van der Waals surface area (Å²) in [5.74, 6) is 0.810. The zero-order valence-corrected chi connectivity index (χ0v) is 16.7. The number of hydrogen-bond donors (Lipinski definition) is 2. The standard InChI is InChI=1S/C21H25ClN6/c1-2-24-21(25-9-8-17-6-7-20(22)26-13-17)27-14-18-4-3-5-19(12-18)15-28-11-10-23-16-28/h3-7,10-13,16H,2,8-9,14-15H2,1H3,(H2,24,25,27). The summed E-state index contributed by atoms with van der Waals surface area (Å²) >= 11 is 5.83. The number of pyridine rings is 1. The first kappa shape index (κ1) is 19.9. The summed E-state index contributed by atoms with van der Waals surface area (Å²) in [6.07, 6.45) is 8.25. The van der Waals surface area contributed by atoms with Crippen LogP contribution in [0.2, 0.25) is 5.15 Å². The van der Waals surface area contributed by atoms with Gasteiger partial charge in [0.1, 0.15) is 5.15 Å². The summed E-state index contributed by atoms with van der Waals surface area (Å²) in [5.41, 5.74) is 3.55. The first-order chi connectivity index (χ1) is 13.7. The van der Waals surface area contributed by atoms with Gasteiger partial charge in [-0.2, -0.15) is 0 Å². The number of imidazole rings is 1. The Bertz CT molecular complexity index is 874. The van der Waals surface area contributed by atoms with E-state index >= 15 is 0 Å². The lowest BCUT2D eigenvalue weighted by molar-refractivity contribution is 0.790. The Hall–Kier alpha value is -2.86. The molecule has 0 aliphatic carbocycles. The summed E-state index contributed by atoms with van der Waals surface area (Å²) in [7, 11) is 0. The molecule has 0 bridgehead atoms. The van der Waals surface area contributed by atoms with Crippen molar-refractivity contribution in [2.75, 3.05) is 13.1 Å². The van der Waals surface area contributed by atoms with Crippen LogP contribution in [0.3, 0.4) is 0 Å². The number of rotatable bonds is 8. The number of guanidine groups is 1. The molecule has 0 aliphatic rings. The lowest BCUT2D eigenvalue weighted by Gasteiger charge is -2.11. The van der Waals surface area contributed by atoms with Gasteiger partial charge >= 0.3 is 0 Å². The van der Waals surface area contributed by atoms with Gasteiger partial charge in [0.15, 0.2) is 5.96 Å². The molecule has 1 aromatic carbocycles. The molecule has 0 aliphatic heterocycles. The summed E-state index contributed by atoms with van der Waals surface area (Å²) in [6, 6.07) is 12.3. The molecule has 3 rings (SSSR count). The van der Waals surface area contributed by atoms with Gasteiger partial charge in [-0.3, -0.25) is 0 Å². The fourth-order valence-corrected chi connectivity index (χ4v) is 2.92. The van der Waals surface area contributed by atoms with Crippen LogP contribution in [0.5, 0.6) is 0 Å². The second-order valence-corrected chi connectivity index (χ2v) is 6.80. The molecule has 2 heterocycles. The average Bonchev–Trinajstić information content (AvgIpc) is 3.21. The van der Waals surface area contributed by atoms with Crippen LogP contribution in [0.15, 0.2) is 66.3 Å². The Morgan fingerprint density at radius 1 is 1.14 bits per heavy atom. The van der Waals surface area contributed by atoms with Crippen LogP contribution in [-0.2, 0) is 19.5 Å². The summed E-state index contributed by atoms with van der Waals surface area (Å²) < 4.78 is 2.06. The van der Waals surface area contributed by atoms with Gasteiger partial charge in [0.05, 0.1) is 12.9 Å². The first-order valence-corrected chi connectivity index (χ1v) is 9.77. The molecular weight excluding hydrogens is 372 g/mol. The monoisotopic (exact) mass is 396 g/mol. The Morgan fingerprint density at radius 3 is 2.79 bits per heavy atom. The molecule has 2 aromatic heterocycles. The van der Waals surface area contributed by atoms with E-state index in [1.165, 1.54) is 11.1 Å². The van der Waals surface area contributed by atoms with E-state index in [4.69, 9.17) is 16.6 Å². The van der Waals surface area contributed by atoms with Gasteiger partial charge in [-0.15, -0.1) is 0 Å². The number of nitrogens with zero attached hydrogens (tertiary/aromatic N) is 4. The molecule has 0 radical (unpaired) electrons. The molecule has 146 valence electrons. The highest BCUT2D eigenvalue weighted by molar-refractivity contribution is 6.29. The molecule has 7 heteroatoms. The third-order valence-corrected chi connectivity index (χ3v) is 4.40. The molecule has 28 heavy (non-hydrogen) atoms. The molecule has 0 amide bonds. The topological polar surface area (TPSA) is 67.1 Å². The fourth-order valence-electron chi connectivity index (χ4n) is 2.81. The van der Waals surface area contributed by atoms with Crippen molar-refractivity contribution < 1.29 is 0 Å². The van der Waals surface area contributed by atoms with E-state index < -0.39 is 0 Å². The minimum absolute atomic E-state index is 0.516. The molecule has 0 unspecified atom stereocenters. The number of aromatic nitrogens is 3. The zero-order valence-electron chi connectivity index (χ0n) is 16.0. The van der Waals surface area contributed by atoms with Crippen molar-refractivity contribution >= 4 is 17.6 Å². The second kappa shape index (κ2) is 10.5. The third kappa shape index (κ3) is 6.39. The minimum atomic E-state index is 0.516. The highest BCUT2D eigenvalue weighted by atomic mass is 35.5. The minimum Gasteiger partial charge on any atom is -0.357 e.